The van der Waals surface area contributed by atoms with E-state index in [1.165, 1.54) is 17.1 Å². The second-order valence-electron chi connectivity index (χ2n) is 4.01. The van der Waals surface area contributed by atoms with E-state index in [-0.39, 0.29) is 18.9 Å². The molecule has 21 heavy (non-hydrogen) atoms. The molecule has 1 aromatic carbocycles. The van der Waals surface area contributed by atoms with Crippen LogP contribution in [0.5, 0.6) is 5.75 Å². The summed E-state index contributed by atoms with van der Waals surface area (Å²) in [6.07, 6.45) is 1.31. The van der Waals surface area contributed by atoms with Crippen LogP contribution < -0.4 is 15.4 Å². The van der Waals surface area contributed by atoms with Crippen LogP contribution in [0.3, 0.4) is 0 Å². The van der Waals surface area contributed by atoms with Gasteiger partial charge in [0.05, 0.1) is 6.54 Å². The normalized spacial score (nSPS) is 10.2. The molecule has 0 radical (unpaired) electrons. The van der Waals surface area contributed by atoms with E-state index in [2.05, 4.69) is 20.7 Å². The second kappa shape index (κ2) is 6.64. The third kappa shape index (κ3) is 4.13. The number of halogens is 2. The standard InChI is InChI=1S/C12H13F2N5O2/c1-19-11(16-7-17-19)18-12(20)15-4-5-21-8-2-3-9(13)10(14)6-8/h2-3,6-7H,4-5H2,1H3,(H2,15,16,17,18,20). The van der Waals surface area contributed by atoms with Crippen molar-refractivity contribution in [1.29, 1.82) is 0 Å². The molecule has 0 spiro atoms. The first-order chi connectivity index (χ1) is 10.1. The first-order valence-corrected chi connectivity index (χ1v) is 6.03. The number of ether oxygens (including phenoxy) is 1. The number of aromatic nitrogens is 3. The van der Waals surface area contributed by atoms with Gasteiger partial charge in [0.1, 0.15) is 18.7 Å². The summed E-state index contributed by atoms with van der Waals surface area (Å²) in [5, 5.41) is 8.79. The number of urea groups is 1. The lowest BCUT2D eigenvalue weighted by Crippen LogP contribution is -2.33. The molecule has 0 aliphatic carbocycles. The molecular formula is C12H13F2N5O2. The van der Waals surface area contributed by atoms with Crippen molar-refractivity contribution in [3.63, 3.8) is 0 Å². The number of carbonyl (C=O) groups is 1. The van der Waals surface area contributed by atoms with Gasteiger partial charge in [-0.25, -0.2) is 18.3 Å². The molecule has 7 nitrogen and oxygen atoms in total. The average molecular weight is 297 g/mol. The minimum atomic E-state index is -0.986. The van der Waals surface area contributed by atoms with Crippen LogP contribution in [0.2, 0.25) is 0 Å². The van der Waals surface area contributed by atoms with E-state index < -0.39 is 17.7 Å². The molecule has 2 amide bonds. The maximum absolute atomic E-state index is 12.9. The largest absolute Gasteiger partial charge is 0.492 e. The van der Waals surface area contributed by atoms with E-state index in [1.54, 1.807) is 7.05 Å². The first-order valence-electron chi connectivity index (χ1n) is 6.03. The molecule has 9 heteroatoms. The lowest BCUT2D eigenvalue weighted by atomic mass is 10.3. The maximum Gasteiger partial charge on any atom is 0.321 e. The predicted molar refractivity (Wildman–Crippen MR) is 69.9 cm³/mol. The van der Waals surface area contributed by atoms with Gasteiger partial charge in [0.2, 0.25) is 5.95 Å². The Morgan fingerprint density at radius 2 is 2.19 bits per heavy atom. The summed E-state index contributed by atoms with van der Waals surface area (Å²) in [6.45, 7) is 0.292. The van der Waals surface area contributed by atoms with Crippen LogP contribution in [0.15, 0.2) is 24.5 Å². The summed E-state index contributed by atoms with van der Waals surface area (Å²) in [5.41, 5.74) is 0. The highest BCUT2D eigenvalue weighted by atomic mass is 19.2. The molecule has 0 atom stereocenters. The lowest BCUT2D eigenvalue weighted by molar-refractivity contribution is 0.247. The van der Waals surface area contributed by atoms with Crippen molar-refractivity contribution in [2.45, 2.75) is 0 Å². The molecule has 0 unspecified atom stereocenters. The number of nitrogens with zero attached hydrogens (tertiary/aromatic N) is 3. The summed E-state index contributed by atoms with van der Waals surface area (Å²) in [6, 6.07) is 2.74. The Kier molecular flexibility index (Phi) is 4.64. The fourth-order valence-electron chi connectivity index (χ4n) is 1.46. The summed E-state index contributed by atoms with van der Waals surface area (Å²) in [7, 11) is 1.63. The van der Waals surface area contributed by atoms with E-state index in [0.717, 1.165) is 12.1 Å². The summed E-state index contributed by atoms with van der Waals surface area (Å²) in [4.78, 5) is 15.3. The van der Waals surface area contributed by atoms with Crippen molar-refractivity contribution in [3.8, 4) is 5.75 Å². The molecule has 1 aromatic heterocycles. The van der Waals surface area contributed by atoms with Crippen molar-refractivity contribution in [2.24, 2.45) is 7.05 Å². The Labute approximate surface area is 118 Å². The van der Waals surface area contributed by atoms with Gasteiger partial charge >= 0.3 is 6.03 Å². The van der Waals surface area contributed by atoms with E-state index in [9.17, 15) is 13.6 Å². The van der Waals surface area contributed by atoms with Crippen molar-refractivity contribution in [1.82, 2.24) is 20.1 Å². The number of hydrogen-bond donors (Lipinski definition) is 2. The number of aryl methyl sites for hydroxylation is 1. The van der Waals surface area contributed by atoms with Crippen LogP contribution in [-0.4, -0.2) is 33.9 Å². The van der Waals surface area contributed by atoms with E-state index >= 15 is 0 Å². The lowest BCUT2D eigenvalue weighted by Gasteiger charge is -2.08. The molecule has 2 aromatic rings. The van der Waals surface area contributed by atoms with Crippen molar-refractivity contribution >= 4 is 12.0 Å². The minimum Gasteiger partial charge on any atom is -0.492 e. The number of carbonyl (C=O) groups excluding carboxylic acids is 1. The predicted octanol–water partition coefficient (Wildman–Crippen LogP) is 1.29. The Balaban J connectivity index is 1.71. The van der Waals surface area contributed by atoms with Crippen LogP contribution in [0.4, 0.5) is 19.5 Å². The van der Waals surface area contributed by atoms with E-state index in [4.69, 9.17) is 4.74 Å². The van der Waals surface area contributed by atoms with Crippen LogP contribution in [0, 0.1) is 11.6 Å². The highest BCUT2D eigenvalue weighted by Gasteiger charge is 2.06. The molecule has 0 bridgehead atoms. The van der Waals surface area contributed by atoms with Gasteiger partial charge < -0.3 is 10.1 Å². The molecule has 0 fully saturated rings. The van der Waals surface area contributed by atoms with Crippen LogP contribution in [-0.2, 0) is 7.05 Å². The molecule has 0 aliphatic rings. The van der Waals surface area contributed by atoms with Crippen molar-refractivity contribution in [2.75, 3.05) is 18.5 Å². The number of benzene rings is 1. The minimum absolute atomic E-state index is 0.108. The smallest absolute Gasteiger partial charge is 0.321 e. The van der Waals surface area contributed by atoms with Gasteiger partial charge in [-0.05, 0) is 12.1 Å². The molecule has 2 N–H and O–H groups in total. The van der Waals surface area contributed by atoms with Gasteiger partial charge in [0.25, 0.3) is 0 Å². The van der Waals surface area contributed by atoms with Crippen LogP contribution >= 0.6 is 0 Å². The molecule has 0 saturated heterocycles. The van der Waals surface area contributed by atoms with Gasteiger partial charge in [-0.15, -0.1) is 0 Å². The van der Waals surface area contributed by atoms with Crippen LogP contribution in [0.1, 0.15) is 0 Å². The zero-order chi connectivity index (χ0) is 15.2. The quantitative estimate of drug-likeness (QED) is 0.815. The van der Waals surface area contributed by atoms with E-state index in [1.807, 2.05) is 0 Å². The van der Waals surface area contributed by atoms with Gasteiger partial charge in [0, 0.05) is 13.1 Å². The summed E-state index contributed by atoms with van der Waals surface area (Å²) < 4.78 is 32.2. The Morgan fingerprint density at radius 1 is 1.38 bits per heavy atom. The summed E-state index contributed by atoms with van der Waals surface area (Å²) >= 11 is 0. The van der Waals surface area contributed by atoms with Gasteiger partial charge in [-0.2, -0.15) is 10.1 Å². The van der Waals surface area contributed by atoms with Gasteiger partial charge in [-0.3, -0.25) is 5.32 Å². The third-order valence-corrected chi connectivity index (χ3v) is 2.48. The topological polar surface area (TPSA) is 81.1 Å². The second-order valence-corrected chi connectivity index (χ2v) is 4.01. The number of rotatable bonds is 5. The molecule has 112 valence electrons. The maximum atomic E-state index is 12.9. The third-order valence-electron chi connectivity index (χ3n) is 2.48. The number of anilines is 1. The number of nitrogens with one attached hydrogen (secondary N) is 2. The zero-order valence-corrected chi connectivity index (χ0v) is 11.1. The highest BCUT2D eigenvalue weighted by molar-refractivity contribution is 5.87. The van der Waals surface area contributed by atoms with Crippen molar-refractivity contribution in [3.05, 3.63) is 36.2 Å². The van der Waals surface area contributed by atoms with Crippen molar-refractivity contribution < 1.29 is 18.3 Å². The fourth-order valence-corrected chi connectivity index (χ4v) is 1.46. The molecular weight excluding hydrogens is 284 g/mol. The molecule has 1 heterocycles. The average Bonchev–Trinajstić information content (AvgIpc) is 2.84. The Morgan fingerprint density at radius 3 is 2.86 bits per heavy atom. The van der Waals surface area contributed by atoms with Gasteiger partial charge in [-0.1, -0.05) is 0 Å². The Hall–Kier alpha value is -2.71. The Bertz CT molecular complexity index is 632. The monoisotopic (exact) mass is 297 g/mol. The summed E-state index contributed by atoms with van der Waals surface area (Å²) in [5.74, 6) is -1.44. The number of hydrogen-bond acceptors (Lipinski definition) is 4. The molecule has 2 rings (SSSR count). The SMILES string of the molecule is Cn1ncnc1NC(=O)NCCOc1ccc(F)c(F)c1. The van der Waals surface area contributed by atoms with Gasteiger partial charge in [0.15, 0.2) is 11.6 Å². The number of amides is 2. The first kappa shape index (κ1) is 14.7. The van der Waals surface area contributed by atoms with E-state index in [0.29, 0.717) is 5.95 Å². The highest BCUT2D eigenvalue weighted by Crippen LogP contribution is 2.14. The fraction of sp³-hybridized carbons (Fsp3) is 0.250. The molecule has 0 aliphatic heterocycles. The van der Waals surface area contributed by atoms with Crippen LogP contribution in [0.25, 0.3) is 0 Å². The zero-order valence-electron chi connectivity index (χ0n) is 11.1. The molecule has 0 saturated carbocycles.